The number of methoxy groups -OCH3 is 2. The van der Waals surface area contributed by atoms with E-state index in [4.69, 9.17) is 21.1 Å². The fourth-order valence-electron chi connectivity index (χ4n) is 4.77. The Balaban J connectivity index is 2.01. The number of hydrogen-bond donors (Lipinski definition) is 0. The quantitative estimate of drug-likeness (QED) is 0.461. The number of benzene rings is 1. The minimum absolute atomic E-state index is 0.212. The summed E-state index contributed by atoms with van der Waals surface area (Å²) in [7, 11) is 2.65. The van der Waals surface area contributed by atoms with E-state index in [0.717, 1.165) is 0 Å². The molecule has 0 saturated heterocycles. The molecule has 2 saturated carbocycles. The summed E-state index contributed by atoms with van der Waals surface area (Å²) < 4.78 is 9.93. The maximum atomic E-state index is 12.5. The fraction of sp³-hybridized carbons (Fsp3) is 0.500. The molecule has 0 N–H and O–H groups in total. The lowest BCUT2D eigenvalue weighted by molar-refractivity contribution is -0.168. The van der Waals surface area contributed by atoms with Crippen LogP contribution in [0.3, 0.4) is 0 Å². The molecule has 0 radical (unpaired) electrons. The van der Waals surface area contributed by atoms with Gasteiger partial charge in [-0.3, -0.25) is 9.59 Å². The van der Waals surface area contributed by atoms with E-state index in [1.54, 1.807) is 0 Å². The zero-order valence-corrected chi connectivity index (χ0v) is 15.7. The van der Waals surface area contributed by atoms with Crippen LogP contribution >= 0.6 is 11.6 Å². The maximum absolute atomic E-state index is 12.5. The van der Waals surface area contributed by atoms with Gasteiger partial charge in [-0.1, -0.05) is 34.9 Å². The third kappa shape index (κ3) is 2.67. The van der Waals surface area contributed by atoms with E-state index < -0.39 is 17.4 Å². The van der Waals surface area contributed by atoms with Gasteiger partial charge < -0.3 is 9.47 Å². The summed E-state index contributed by atoms with van der Waals surface area (Å²) in [4.78, 5) is 24.9. The Morgan fingerprint density at radius 3 is 2.08 bits per heavy atom. The predicted octanol–water partition coefficient (Wildman–Crippen LogP) is 4.13. The molecule has 1 aromatic carbocycles. The number of rotatable bonds is 3. The van der Waals surface area contributed by atoms with Crippen molar-refractivity contribution in [3.63, 3.8) is 0 Å². The molecule has 5 heteroatoms. The van der Waals surface area contributed by atoms with Crippen molar-refractivity contribution in [3.05, 3.63) is 46.0 Å². The van der Waals surface area contributed by atoms with Crippen LogP contribution in [-0.2, 0) is 19.1 Å². The predicted molar refractivity (Wildman–Crippen MR) is 95.2 cm³/mol. The van der Waals surface area contributed by atoms with Gasteiger partial charge in [0.25, 0.3) is 0 Å². The van der Waals surface area contributed by atoms with Gasteiger partial charge in [0, 0.05) is 10.9 Å². The smallest absolute Gasteiger partial charge is 0.323 e. The number of allylic oxidation sites excluding steroid dienone is 2. The number of esters is 2. The minimum atomic E-state index is -1.19. The van der Waals surface area contributed by atoms with Crippen LogP contribution in [0.4, 0.5) is 0 Å². The number of halogens is 1. The number of hydrogen-bond acceptors (Lipinski definition) is 4. The molecule has 2 fully saturated rings. The van der Waals surface area contributed by atoms with Crippen LogP contribution < -0.4 is 0 Å². The Hall–Kier alpha value is -1.81. The Morgan fingerprint density at radius 2 is 1.60 bits per heavy atom. The third-order valence-corrected chi connectivity index (χ3v) is 6.04. The summed E-state index contributed by atoms with van der Waals surface area (Å²) in [6.07, 6.45) is 0.919. The number of fused-ring (bicyclic) bond motifs is 1. The molecule has 3 atom stereocenters. The second kappa shape index (κ2) is 6.49. The van der Waals surface area contributed by atoms with Gasteiger partial charge in [0.05, 0.1) is 14.2 Å². The average Bonchev–Trinajstić information content (AvgIpc) is 2.91. The molecule has 2 aliphatic carbocycles. The minimum Gasteiger partial charge on any atom is -0.468 e. The Morgan fingerprint density at radius 1 is 1.04 bits per heavy atom. The molecule has 134 valence electrons. The van der Waals surface area contributed by atoms with E-state index in [-0.39, 0.29) is 17.8 Å². The largest absolute Gasteiger partial charge is 0.468 e. The fourth-order valence-corrected chi connectivity index (χ4v) is 4.90. The van der Waals surface area contributed by atoms with Gasteiger partial charge >= 0.3 is 11.9 Å². The lowest BCUT2D eigenvalue weighted by Crippen LogP contribution is -2.39. The molecule has 0 aliphatic heterocycles. The standard InChI is InChI=1S/C20H23ClO4/c1-11(2)16-14-9-20(18(22)24-3,19(23)25-4)10-15(14)17(16)12-5-7-13(21)8-6-12/h5-8,14-15,17H,9-10H2,1-4H3/t14-,15+,17-/m0/s1. The van der Waals surface area contributed by atoms with Gasteiger partial charge in [0.15, 0.2) is 5.41 Å². The summed E-state index contributed by atoms with van der Waals surface area (Å²) in [5, 5.41) is 0.697. The summed E-state index contributed by atoms with van der Waals surface area (Å²) >= 11 is 6.02. The van der Waals surface area contributed by atoms with Crippen molar-refractivity contribution in [3.8, 4) is 0 Å². The summed E-state index contributed by atoms with van der Waals surface area (Å²) in [6, 6.07) is 7.83. The highest BCUT2D eigenvalue weighted by Gasteiger charge is 2.64. The first kappa shape index (κ1) is 18.0. The first-order valence-corrected chi connectivity index (χ1v) is 8.83. The number of carbonyl (C=O) groups excluding carboxylic acids is 2. The molecular formula is C20H23ClO4. The summed E-state index contributed by atoms with van der Waals surface area (Å²) in [6.45, 7) is 4.18. The molecular weight excluding hydrogens is 340 g/mol. The monoisotopic (exact) mass is 362 g/mol. The summed E-state index contributed by atoms with van der Waals surface area (Å²) in [5.41, 5.74) is 2.54. The van der Waals surface area contributed by atoms with Crippen LogP contribution in [0.5, 0.6) is 0 Å². The normalized spacial score (nSPS) is 26.4. The third-order valence-electron chi connectivity index (χ3n) is 5.79. The van der Waals surface area contributed by atoms with E-state index in [9.17, 15) is 9.59 Å². The van der Waals surface area contributed by atoms with Crippen LogP contribution in [-0.4, -0.2) is 26.2 Å². The van der Waals surface area contributed by atoms with Crippen molar-refractivity contribution in [2.45, 2.75) is 32.6 Å². The highest BCUT2D eigenvalue weighted by atomic mass is 35.5. The van der Waals surface area contributed by atoms with Crippen molar-refractivity contribution in [1.82, 2.24) is 0 Å². The van der Waals surface area contributed by atoms with Crippen LogP contribution in [0.25, 0.3) is 0 Å². The van der Waals surface area contributed by atoms with Crippen molar-refractivity contribution < 1.29 is 19.1 Å². The van der Waals surface area contributed by atoms with Gasteiger partial charge in [-0.25, -0.2) is 0 Å². The highest BCUT2D eigenvalue weighted by molar-refractivity contribution is 6.30. The lowest BCUT2D eigenvalue weighted by Gasteiger charge is -2.45. The highest BCUT2D eigenvalue weighted by Crippen LogP contribution is 2.65. The van der Waals surface area contributed by atoms with E-state index in [2.05, 4.69) is 13.8 Å². The van der Waals surface area contributed by atoms with Crippen molar-refractivity contribution in [2.75, 3.05) is 14.2 Å². The molecule has 0 aromatic heterocycles. The lowest BCUT2D eigenvalue weighted by atomic mass is 9.59. The molecule has 1 aromatic rings. The van der Waals surface area contributed by atoms with Crippen molar-refractivity contribution in [1.29, 1.82) is 0 Å². The van der Waals surface area contributed by atoms with E-state index in [1.807, 2.05) is 24.3 Å². The van der Waals surface area contributed by atoms with E-state index in [0.29, 0.717) is 17.9 Å². The molecule has 0 amide bonds. The molecule has 0 spiro atoms. The molecule has 3 rings (SSSR count). The Labute approximate surface area is 153 Å². The Bertz CT molecular complexity index is 715. The molecule has 0 unspecified atom stereocenters. The SMILES string of the molecule is COC(=O)C1(C(=O)OC)C[C@@H]2[C@H](C1)C(=C(C)C)[C@H]2c1ccc(Cl)cc1. The second-order valence-electron chi connectivity index (χ2n) is 7.23. The summed E-state index contributed by atoms with van der Waals surface area (Å²) in [5.74, 6) is -0.329. The molecule has 0 bridgehead atoms. The molecule has 4 nitrogen and oxygen atoms in total. The van der Waals surface area contributed by atoms with E-state index >= 15 is 0 Å². The van der Waals surface area contributed by atoms with Crippen LogP contribution in [0, 0.1) is 17.3 Å². The van der Waals surface area contributed by atoms with E-state index in [1.165, 1.54) is 30.9 Å². The maximum Gasteiger partial charge on any atom is 0.323 e. The van der Waals surface area contributed by atoms with Gasteiger partial charge in [-0.05, 0) is 56.2 Å². The van der Waals surface area contributed by atoms with Crippen molar-refractivity contribution in [2.24, 2.45) is 17.3 Å². The zero-order valence-electron chi connectivity index (χ0n) is 15.0. The van der Waals surface area contributed by atoms with Crippen LogP contribution in [0.15, 0.2) is 35.4 Å². The zero-order chi connectivity index (χ0) is 18.4. The average molecular weight is 363 g/mol. The molecule has 2 aliphatic rings. The van der Waals surface area contributed by atoms with Gasteiger partial charge in [0.1, 0.15) is 0 Å². The van der Waals surface area contributed by atoms with Gasteiger partial charge in [0.2, 0.25) is 0 Å². The first-order chi connectivity index (χ1) is 11.9. The molecule has 25 heavy (non-hydrogen) atoms. The topological polar surface area (TPSA) is 52.6 Å². The van der Waals surface area contributed by atoms with Gasteiger partial charge in [-0.15, -0.1) is 0 Å². The van der Waals surface area contributed by atoms with Gasteiger partial charge in [-0.2, -0.15) is 0 Å². The van der Waals surface area contributed by atoms with Crippen molar-refractivity contribution >= 4 is 23.5 Å². The second-order valence-corrected chi connectivity index (χ2v) is 7.66. The number of ether oxygens (including phenoxy) is 2. The first-order valence-electron chi connectivity index (χ1n) is 8.45. The number of carbonyl (C=O) groups is 2. The Kier molecular flexibility index (Phi) is 4.67. The van der Waals surface area contributed by atoms with Crippen LogP contribution in [0.1, 0.15) is 38.2 Å². The molecule has 0 heterocycles. The van der Waals surface area contributed by atoms with Crippen LogP contribution in [0.2, 0.25) is 5.02 Å².